The Bertz CT molecular complexity index is 336. The molecule has 0 radical (unpaired) electrons. The van der Waals surface area contributed by atoms with Crippen LogP contribution in [0.5, 0.6) is 0 Å². The third kappa shape index (κ3) is 3.30. The third-order valence-corrected chi connectivity index (χ3v) is 4.75. The zero-order valence-electron chi connectivity index (χ0n) is 11.2. The van der Waals surface area contributed by atoms with Gasteiger partial charge >= 0.3 is 0 Å². The molecule has 2 unspecified atom stereocenters. The summed E-state index contributed by atoms with van der Waals surface area (Å²) < 4.78 is 0. The number of piperazine rings is 1. The van der Waals surface area contributed by atoms with E-state index in [0.717, 1.165) is 6.54 Å². The lowest BCUT2D eigenvalue weighted by Crippen LogP contribution is -2.60. The lowest BCUT2D eigenvalue weighted by Gasteiger charge is -2.43. The number of nitrogens with zero attached hydrogens (tertiary/aromatic N) is 1. The lowest BCUT2D eigenvalue weighted by molar-refractivity contribution is 0.105. The molecule has 2 atom stereocenters. The van der Waals surface area contributed by atoms with Gasteiger partial charge in [-0.25, -0.2) is 0 Å². The summed E-state index contributed by atoms with van der Waals surface area (Å²) in [5.74, 6) is 0. The van der Waals surface area contributed by atoms with Crippen molar-refractivity contribution in [3.8, 4) is 0 Å². The first-order valence-electron chi connectivity index (χ1n) is 6.63. The molecule has 2 nitrogen and oxygen atoms in total. The molecule has 1 aliphatic rings. The summed E-state index contributed by atoms with van der Waals surface area (Å²) in [6, 6.07) is 2.90. The molecule has 0 saturated carbocycles. The molecule has 1 fully saturated rings. The number of hydrogen-bond donors (Lipinski definition) is 1. The summed E-state index contributed by atoms with van der Waals surface area (Å²) in [5, 5.41) is 8.10. The predicted octanol–water partition coefficient (Wildman–Crippen LogP) is 2.75. The standard InChI is InChI=1S/C14H24N2S/c1-4-14(3)11-16(7-6-15-14)12(2)9-13-5-8-17-10-13/h5,8,10,12,15H,4,6-7,9,11H2,1-3H3. The van der Waals surface area contributed by atoms with E-state index in [2.05, 4.69) is 47.8 Å². The molecule has 0 aliphatic carbocycles. The maximum absolute atomic E-state index is 3.65. The van der Waals surface area contributed by atoms with E-state index < -0.39 is 0 Å². The van der Waals surface area contributed by atoms with Gasteiger partial charge in [-0.2, -0.15) is 11.3 Å². The largest absolute Gasteiger partial charge is 0.309 e. The van der Waals surface area contributed by atoms with Crippen LogP contribution in [0.1, 0.15) is 32.8 Å². The second kappa shape index (κ2) is 5.51. The topological polar surface area (TPSA) is 15.3 Å². The fourth-order valence-corrected chi connectivity index (χ4v) is 3.26. The van der Waals surface area contributed by atoms with E-state index in [1.54, 1.807) is 11.3 Å². The third-order valence-electron chi connectivity index (χ3n) is 4.02. The zero-order chi connectivity index (χ0) is 12.3. The van der Waals surface area contributed by atoms with Crippen molar-refractivity contribution in [3.63, 3.8) is 0 Å². The second-order valence-corrected chi connectivity index (χ2v) is 6.28. The van der Waals surface area contributed by atoms with Crippen LogP contribution in [0.2, 0.25) is 0 Å². The van der Waals surface area contributed by atoms with Gasteiger partial charge in [-0.15, -0.1) is 0 Å². The normalized spacial score (nSPS) is 28.2. The van der Waals surface area contributed by atoms with E-state index >= 15 is 0 Å². The summed E-state index contributed by atoms with van der Waals surface area (Å²) in [6.07, 6.45) is 2.39. The molecule has 2 heterocycles. The molecule has 0 spiro atoms. The minimum atomic E-state index is 0.307. The molecule has 1 aromatic heterocycles. The van der Waals surface area contributed by atoms with Gasteiger partial charge < -0.3 is 5.32 Å². The van der Waals surface area contributed by atoms with Crippen molar-refractivity contribution in [2.24, 2.45) is 0 Å². The van der Waals surface area contributed by atoms with Crippen LogP contribution in [0.3, 0.4) is 0 Å². The fourth-order valence-electron chi connectivity index (χ4n) is 2.58. The summed E-state index contributed by atoms with van der Waals surface area (Å²) in [7, 11) is 0. The van der Waals surface area contributed by atoms with Crippen LogP contribution in [-0.2, 0) is 6.42 Å². The van der Waals surface area contributed by atoms with Gasteiger partial charge in [-0.1, -0.05) is 6.92 Å². The quantitative estimate of drug-likeness (QED) is 0.886. The Kier molecular flexibility index (Phi) is 4.23. The molecule has 1 N–H and O–H groups in total. The summed E-state index contributed by atoms with van der Waals surface area (Å²) in [4.78, 5) is 2.64. The van der Waals surface area contributed by atoms with Crippen LogP contribution in [-0.4, -0.2) is 36.1 Å². The van der Waals surface area contributed by atoms with Crippen molar-refractivity contribution in [1.29, 1.82) is 0 Å². The van der Waals surface area contributed by atoms with Crippen LogP contribution in [0, 0.1) is 0 Å². The van der Waals surface area contributed by atoms with Crippen LogP contribution in [0.25, 0.3) is 0 Å². The average molecular weight is 252 g/mol. The fraction of sp³-hybridized carbons (Fsp3) is 0.714. The van der Waals surface area contributed by atoms with Crippen molar-refractivity contribution in [3.05, 3.63) is 22.4 Å². The van der Waals surface area contributed by atoms with Crippen LogP contribution >= 0.6 is 11.3 Å². The van der Waals surface area contributed by atoms with E-state index in [0.29, 0.717) is 11.6 Å². The number of nitrogens with one attached hydrogen (secondary N) is 1. The van der Waals surface area contributed by atoms with Gasteiger partial charge in [0.15, 0.2) is 0 Å². The monoisotopic (exact) mass is 252 g/mol. The van der Waals surface area contributed by atoms with E-state index in [1.807, 2.05) is 0 Å². The van der Waals surface area contributed by atoms with Gasteiger partial charge in [0.05, 0.1) is 0 Å². The van der Waals surface area contributed by atoms with Crippen molar-refractivity contribution >= 4 is 11.3 Å². The summed E-state index contributed by atoms with van der Waals surface area (Å²) in [5.41, 5.74) is 1.79. The molecular formula is C14H24N2S. The summed E-state index contributed by atoms with van der Waals surface area (Å²) in [6.45, 7) is 10.5. The van der Waals surface area contributed by atoms with E-state index in [1.165, 1.54) is 31.5 Å². The Hall–Kier alpha value is -0.380. The van der Waals surface area contributed by atoms with Gasteiger partial charge in [0.2, 0.25) is 0 Å². The van der Waals surface area contributed by atoms with E-state index in [9.17, 15) is 0 Å². The molecule has 0 amide bonds. The van der Waals surface area contributed by atoms with Crippen molar-refractivity contribution < 1.29 is 0 Å². The highest BCUT2D eigenvalue weighted by Gasteiger charge is 2.30. The van der Waals surface area contributed by atoms with Gasteiger partial charge in [-0.05, 0) is 49.1 Å². The molecular weight excluding hydrogens is 228 g/mol. The number of hydrogen-bond acceptors (Lipinski definition) is 3. The average Bonchev–Trinajstić information content (AvgIpc) is 2.82. The Morgan fingerprint density at radius 1 is 1.59 bits per heavy atom. The first-order chi connectivity index (χ1) is 8.13. The molecule has 1 aromatic rings. The maximum Gasteiger partial charge on any atom is 0.0278 e. The van der Waals surface area contributed by atoms with Gasteiger partial charge in [0.25, 0.3) is 0 Å². The smallest absolute Gasteiger partial charge is 0.0278 e. The van der Waals surface area contributed by atoms with Crippen molar-refractivity contribution in [2.45, 2.75) is 45.2 Å². The number of thiophene rings is 1. The first kappa shape index (κ1) is 13.1. The first-order valence-corrected chi connectivity index (χ1v) is 7.57. The molecule has 96 valence electrons. The summed E-state index contributed by atoms with van der Waals surface area (Å²) >= 11 is 1.80. The highest BCUT2D eigenvalue weighted by atomic mass is 32.1. The van der Waals surface area contributed by atoms with Crippen LogP contribution in [0.15, 0.2) is 16.8 Å². The predicted molar refractivity (Wildman–Crippen MR) is 75.8 cm³/mol. The number of rotatable bonds is 4. The van der Waals surface area contributed by atoms with Gasteiger partial charge in [0.1, 0.15) is 0 Å². The maximum atomic E-state index is 3.65. The lowest BCUT2D eigenvalue weighted by atomic mass is 9.94. The minimum Gasteiger partial charge on any atom is -0.309 e. The Balaban J connectivity index is 1.93. The zero-order valence-corrected chi connectivity index (χ0v) is 12.0. The molecule has 1 aliphatic heterocycles. The van der Waals surface area contributed by atoms with Crippen molar-refractivity contribution in [1.82, 2.24) is 10.2 Å². The molecule has 0 aromatic carbocycles. The van der Waals surface area contributed by atoms with Gasteiger partial charge in [0, 0.05) is 31.2 Å². The van der Waals surface area contributed by atoms with E-state index in [4.69, 9.17) is 0 Å². The second-order valence-electron chi connectivity index (χ2n) is 5.50. The van der Waals surface area contributed by atoms with Gasteiger partial charge in [-0.3, -0.25) is 4.90 Å². The highest BCUT2D eigenvalue weighted by Crippen LogP contribution is 2.19. The molecule has 0 bridgehead atoms. The Morgan fingerprint density at radius 2 is 2.41 bits per heavy atom. The molecule has 17 heavy (non-hydrogen) atoms. The Morgan fingerprint density at radius 3 is 3.06 bits per heavy atom. The van der Waals surface area contributed by atoms with Crippen LogP contribution < -0.4 is 5.32 Å². The SMILES string of the molecule is CCC1(C)CN(C(C)Cc2ccsc2)CCN1. The highest BCUT2D eigenvalue weighted by molar-refractivity contribution is 7.07. The van der Waals surface area contributed by atoms with E-state index in [-0.39, 0.29) is 0 Å². The van der Waals surface area contributed by atoms with Crippen molar-refractivity contribution in [2.75, 3.05) is 19.6 Å². The molecule has 1 saturated heterocycles. The molecule has 3 heteroatoms. The Labute approximate surface area is 109 Å². The minimum absolute atomic E-state index is 0.307. The van der Waals surface area contributed by atoms with Crippen LogP contribution in [0.4, 0.5) is 0 Å². The molecule has 2 rings (SSSR count).